The van der Waals surface area contributed by atoms with Crippen LogP contribution in [-0.2, 0) is 0 Å². The third-order valence-corrected chi connectivity index (χ3v) is 1.73. The molecule has 0 aliphatic heterocycles. The number of rotatable bonds is 0. The fraction of sp³-hybridized carbons (Fsp3) is 0.667. The highest BCUT2D eigenvalue weighted by molar-refractivity contribution is 9.39. The Kier molecular flexibility index (Phi) is 3.51. The molecule has 0 aliphatic rings. The molecule has 0 saturated carbocycles. The van der Waals surface area contributed by atoms with Gasteiger partial charge in [0.1, 0.15) is 0 Å². The molecule has 0 rings (SSSR count). The molecule has 0 amide bonds. The summed E-state index contributed by atoms with van der Waals surface area (Å²) in [7, 11) is 0. The SMILES string of the molecule is N#C[C@H](O)C(Br)(Br)Br. The number of hydrogen-bond acceptors (Lipinski definition) is 2. The average Bonchev–Trinajstić information content (AvgIpc) is 1.62. The van der Waals surface area contributed by atoms with Crippen molar-refractivity contribution in [1.29, 1.82) is 5.26 Å². The summed E-state index contributed by atoms with van der Waals surface area (Å²) in [6, 6.07) is 1.62. The molecule has 0 aromatic carbocycles. The van der Waals surface area contributed by atoms with E-state index < -0.39 is 8.25 Å². The summed E-state index contributed by atoms with van der Waals surface area (Å²) in [5, 5.41) is 16.8. The first-order valence-electron chi connectivity index (χ1n) is 1.63. The van der Waals surface area contributed by atoms with E-state index in [0.717, 1.165) is 0 Å². The van der Waals surface area contributed by atoms with Gasteiger partial charge in [-0.15, -0.1) is 0 Å². The van der Waals surface area contributed by atoms with Crippen LogP contribution in [-0.4, -0.2) is 13.4 Å². The molecular formula is C3H2Br3NO. The Bertz CT molecular complexity index is 113. The van der Waals surface area contributed by atoms with E-state index in [9.17, 15) is 0 Å². The third-order valence-electron chi connectivity index (χ3n) is 0.432. The average molecular weight is 308 g/mol. The maximum atomic E-state index is 8.69. The van der Waals surface area contributed by atoms with Crippen LogP contribution in [0.4, 0.5) is 0 Å². The zero-order valence-corrected chi connectivity index (χ0v) is 8.36. The van der Waals surface area contributed by atoms with Gasteiger partial charge in [-0.05, 0) is 0 Å². The van der Waals surface area contributed by atoms with Crippen LogP contribution in [0.5, 0.6) is 0 Å². The van der Waals surface area contributed by atoms with Crippen molar-refractivity contribution in [2.75, 3.05) is 0 Å². The van der Waals surface area contributed by atoms with Crippen molar-refractivity contribution >= 4 is 47.8 Å². The van der Waals surface area contributed by atoms with Gasteiger partial charge >= 0.3 is 0 Å². The van der Waals surface area contributed by atoms with E-state index in [1.807, 2.05) is 0 Å². The fourth-order valence-corrected chi connectivity index (χ4v) is 0.380. The van der Waals surface area contributed by atoms with Gasteiger partial charge in [0.25, 0.3) is 0 Å². The normalized spacial score (nSPS) is 14.9. The van der Waals surface area contributed by atoms with Crippen LogP contribution in [0, 0.1) is 11.3 Å². The first-order chi connectivity index (χ1) is 3.48. The second-order valence-corrected chi connectivity index (χ2v) is 8.02. The second kappa shape index (κ2) is 3.16. The number of alkyl halides is 3. The molecule has 0 radical (unpaired) electrons. The largest absolute Gasteiger partial charge is 0.375 e. The quantitative estimate of drug-likeness (QED) is 0.547. The first kappa shape index (κ1) is 8.89. The summed E-state index contributed by atoms with van der Waals surface area (Å²) in [5.74, 6) is 0. The lowest BCUT2D eigenvalue weighted by Crippen LogP contribution is -2.20. The van der Waals surface area contributed by atoms with E-state index in [1.54, 1.807) is 6.07 Å². The van der Waals surface area contributed by atoms with Gasteiger partial charge in [-0.1, -0.05) is 47.8 Å². The van der Waals surface area contributed by atoms with Crippen molar-refractivity contribution in [1.82, 2.24) is 0 Å². The molecule has 1 atom stereocenters. The van der Waals surface area contributed by atoms with Gasteiger partial charge in [0, 0.05) is 0 Å². The minimum Gasteiger partial charge on any atom is -0.375 e. The summed E-state index contributed by atoms with van der Waals surface area (Å²) in [4.78, 5) is 0. The molecule has 0 unspecified atom stereocenters. The van der Waals surface area contributed by atoms with E-state index >= 15 is 0 Å². The van der Waals surface area contributed by atoms with Gasteiger partial charge in [0.05, 0.1) is 6.07 Å². The lowest BCUT2D eigenvalue weighted by molar-refractivity contribution is 0.245. The number of nitriles is 1. The van der Waals surface area contributed by atoms with Crippen LogP contribution in [0.3, 0.4) is 0 Å². The van der Waals surface area contributed by atoms with E-state index in [-0.39, 0.29) is 0 Å². The van der Waals surface area contributed by atoms with Crippen LogP contribution in [0.1, 0.15) is 0 Å². The monoisotopic (exact) mass is 305 g/mol. The van der Waals surface area contributed by atoms with Crippen LogP contribution >= 0.6 is 47.8 Å². The molecule has 0 aromatic heterocycles. The van der Waals surface area contributed by atoms with Gasteiger partial charge in [-0.3, -0.25) is 0 Å². The molecule has 0 heterocycles. The molecule has 0 aliphatic carbocycles. The Morgan fingerprint density at radius 3 is 1.88 bits per heavy atom. The standard InChI is InChI=1S/C3H2Br3NO/c4-3(5,6)2(8)1-7/h2,8H/t2-/m0/s1. The minimum atomic E-state index is -1.09. The zero-order chi connectivity index (χ0) is 6.78. The van der Waals surface area contributed by atoms with Crippen molar-refractivity contribution in [3.63, 3.8) is 0 Å². The third kappa shape index (κ3) is 3.02. The highest BCUT2D eigenvalue weighted by atomic mass is 80.0. The van der Waals surface area contributed by atoms with Gasteiger partial charge in [0.15, 0.2) is 8.25 Å². The lowest BCUT2D eigenvalue weighted by Gasteiger charge is -2.11. The van der Waals surface area contributed by atoms with Crippen molar-refractivity contribution in [2.24, 2.45) is 0 Å². The molecular weight excluding hydrogens is 306 g/mol. The predicted octanol–water partition coefficient (Wildman–Crippen LogP) is 1.71. The Labute approximate surface area is 72.3 Å². The number of aliphatic hydroxyl groups is 1. The summed E-state index contributed by atoms with van der Waals surface area (Å²) >= 11 is 8.89. The van der Waals surface area contributed by atoms with Crippen molar-refractivity contribution in [2.45, 2.75) is 8.25 Å². The zero-order valence-electron chi connectivity index (χ0n) is 3.61. The highest BCUT2D eigenvalue weighted by Crippen LogP contribution is 2.36. The lowest BCUT2D eigenvalue weighted by atomic mass is 10.5. The molecule has 46 valence electrons. The summed E-state index contributed by atoms with van der Waals surface area (Å²) < 4.78 is -0.859. The molecule has 1 N–H and O–H groups in total. The van der Waals surface area contributed by atoms with Crippen LogP contribution in [0.25, 0.3) is 0 Å². The smallest absolute Gasteiger partial charge is 0.175 e. The Morgan fingerprint density at radius 1 is 1.50 bits per heavy atom. The number of hydrogen-bond donors (Lipinski definition) is 1. The summed E-state index contributed by atoms with van der Waals surface area (Å²) in [6.07, 6.45) is -1.09. The summed E-state index contributed by atoms with van der Waals surface area (Å²) in [5.41, 5.74) is 0. The van der Waals surface area contributed by atoms with E-state index in [2.05, 4.69) is 47.8 Å². The van der Waals surface area contributed by atoms with E-state index in [0.29, 0.717) is 0 Å². The molecule has 5 heteroatoms. The molecule has 8 heavy (non-hydrogen) atoms. The topological polar surface area (TPSA) is 44.0 Å². The van der Waals surface area contributed by atoms with Crippen LogP contribution < -0.4 is 0 Å². The van der Waals surface area contributed by atoms with Crippen molar-refractivity contribution in [3.8, 4) is 6.07 Å². The molecule has 0 spiro atoms. The maximum Gasteiger partial charge on any atom is 0.175 e. The van der Waals surface area contributed by atoms with Crippen molar-refractivity contribution < 1.29 is 5.11 Å². The second-order valence-electron chi connectivity index (χ2n) is 1.07. The Balaban J connectivity index is 3.87. The minimum absolute atomic E-state index is 0.859. The van der Waals surface area contributed by atoms with Crippen molar-refractivity contribution in [3.05, 3.63) is 0 Å². The van der Waals surface area contributed by atoms with Gasteiger partial charge < -0.3 is 5.11 Å². The van der Waals surface area contributed by atoms with Gasteiger partial charge in [-0.2, -0.15) is 5.26 Å². The predicted molar refractivity (Wildman–Crippen MR) is 41.1 cm³/mol. The first-order valence-corrected chi connectivity index (χ1v) is 4.01. The molecule has 0 bridgehead atoms. The van der Waals surface area contributed by atoms with E-state index in [1.165, 1.54) is 0 Å². The Morgan fingerprint density at radius 2 is 1.88 bits per heavy atom. The van der Waals surface area contributed by atoms with Gasteiger partial charge in [0.2, 0.25) is 0 Å². The van der Waals surface area contributed by atoms with Crippen LogP contribution in [0.15, 0.2) is 0 Å². The maximum absolute atomic E-state index is 8.69. The summed E-state index contributed by atoms with van der Waals surface area (Å²) in [6.45, 7) is 0. The molecule has 0 saturated heterocycles. The number of nitrogens with zero attached hydrogens (tertiary/aromatic N) is 1. The van der Waals surface area contributed by atoms with Crippen LogP contribution in [0.2, 0.25) is 0 Å². The molecule has 2 nitrogen and oxygen atoms in total. The van der Waals surface area contributed by atoms with Gasteiger partial charge in [-0.25, -0.2) is 0 Å². The Hall–Kier alpha value is 0.890. The highest BCUT2D eigenvalue weighted by Gasteiger charge is 2.28. The molecule has 0 fully saturated rings. The number of halogens is 3. The fourth-order valence-electron chi connectivity index (χ4n) is 0.0732. The number of aliphatic hydroxyl groups excluding tert-OH is 1. The molecule has 0 aromatic rings. The van der Waals surface area contributed by atoms with E-state index in [4.69, 9.17) is 10.4 Å².